The number of carbonyl (C=O) groups is 4. The van der Waals surface area contributed by atoms with E-state index >= 15 is 0 Å². The average Bonchev–Trinajstić information content (AvgIpc) is 3.24. The number of benzene rings is 1. The van der Waals surface area contributed by atoms with Gasteiger partial charge in [-0.3, -0.25) is 14.4 Å². The maximum Gasteiger partial charge on any atom is 0.329 e. The molecule has 0 aliphatic heterocycles. The Morgan fingerprint density at radius 3 is 1.52 bits per heavy atom. The molecular weight excluding hydrogens is 837 g/mol. The summed E-state index contributed by atoms with van der Waals surface area (Å²) in [5, 5.41) is 5.65. The molecule has 0 aliphatic carbocycles. The van der Waals surface area contributed by atoms with E-state index in [9.17, 15) is 19.2 Å². The second-order valence-electron chi connectivity index (χ2n) is 20.0. The van der Waals surface area contributed by atoms with E-state index in [4.69, 9.17) is 18.9 Å². The molecule has 10 nitrogen and oxygen atoms in total. The standard InChI is InChI=1S/C54H96N2O8S/c1-9-11-13-15-17-19-21-23-25-27-29-31-40-61-43-47(62-41-32-30-28-26-24-22-20-18-16-14-12-10-2)44-65-42-39-49(57)55-46-35-33-45(34-36-46)51(59)56-48(52(60)64-54(6,7)8)37-38-50(58)63-53(3,4)5/h33-36,47-48H,9-32,37-44H2,1-8H3,(H,55,57)(H,56,59)/t47?,48-/m0/s1. The minimum absolute atomic E-state index is 0.000914. The van der Waals surface area contributed by atoms with Crippen LogP contribution in [0.25, 0.3) is 0 Å². The maximum absolute atomic E-state index is 13.2. The van der Waals surface area contributed by atoms with Crippen molar-refractivity contribution in [1.29, 1.82) is 0 Å². The van der Waals surface area contributed by atoms with Crippen LogP contribution in [0.1, 0.15) is 239 Å². The van der Waals surface area contributed by atoms with Crippen LogP contribution in [0.5, 0.6) is 0 Å². The summed E-state index contributed by atoms with van der Waals surface area (Å²) in [7, 11) is 0. The maximum atomic E-state index is 13.2. The molecule has 2 N–H and O–H groups in total. The molecule has 1 unspecified atom stereocenters. The molecule has 0 spiro atoms. The molecule has 376 valence electrons. The van der Waals surface area contributed by atoms with Gasteiger partial charge in [-0.1, -0.05) is 155 Å². The Morgan fingerprint density at radius 2 is 1.05 bits per heavy atom. The van der Waals surface area contributed by atoms with Crippen LogP contribution in [-0.2, 0) is 33.3 Å². The highest BCUT2D eigenvalue weighted by molar-refractivity contribution is 7.99. The molecule has 0 fully saturated rings. The molecule has 0 saturated heterocycles. The number of carbonyl (C=O) groups excluding carboxylic acids is 4. The molecule has 0 heterocycles. The van der Waals surface area contributed by atoms with Gasteiger partial charge in [0.05, 0.1) is 12.7 Å². The van der Waals surface area contributed by atoms with Crippen LogP contribution in [0.3, 0.4) is 0 Å². The third kappa shape index (κ3) is 37.1. The number of hydrogen-bond acceptors (Lipinski definition) is 9. The normalized spacial score (nSPS) is 12.7. The second-order valence-corrected chi connectivity index (χ2v) is 21.1. The summed E-state index contributed by atoms with van der Waals surface area (Å²) in [5.41, 5.74) is -0.562. The monoisotopic (exact) mass is 933 g/mol. The summed E-state index contributed by atoms with van der Waals surface area (Å²) >= 11 is 1.71. The van der Waals surface area contributed by atoms with Gasteiger partial charge in [-0.15, -0.1) is 0 Å². The molecule has 0 saturated carbocycles. The number of hydrogen-bond donors (Lipinski definition) is 2. The fourth-order valence-corrected chi connectivity index (χ4v) is 8.38. The van der Waals surface area contributed by atoms with Crippen LogP contribution in [0, 0.1) is 0 Å². The van der Waals surface area contributed by atoms with E-state index in [0.29, 0.717) is 30.0 Å². The van der Waals surface area contributed by atoms with Crippen molar-refractivity contribution in [3.05, 3.63) is 29.8 Å². The van der Waals surface area contributed by atoms with Crippen molar-refractivity contribution < 1.29 is 38.1 Å². The molecule has 1 aromatic carbocycles. The van der Waals surface area contributed by atoms with Crippen molar-refractivity contribution in [1.82, 2.24) is 5.32 Å². The molecule has 0 aromatic heterocycles. The molecule has 2 atom stereocenters. The number of ether oxygens (including phenoxy) is 4. The summed E-state index contributed by atoms with van der Waals surface area (Å²) in [5.74, 6) is -0.275. The van der Waals surface area contributed by atoms with Crippen LogP contribution in [0.2, 0.25) is 0 Å². The Kier molecular flexibility index (Phi) is 35.6. The number of unbranched alkanes of at least 4 members (excludes halogenated alkanes) is 22. The first kappa shape index (κ1) is 60.4. The molecule has 0 radical (unpaired) electrons. The minimum Gasteiger partial charge on any atom is -0.460 e. The first-order chi connectivity index (χ1) is 31.1. The van der Waals surface area contributed by atoms with Crippen LogP contribution in [0.15, 0.2) is 24.3 Å². The van der Waals surface area contributed by atoms with Crippen molar-refractivity contribution in [3.8, 4) is 0 Å². The third-order valence-electron chi connectivity index (χ3n) is 11.1. The Balaban J connectivity index is 2.54. The van der Waals surface area contributed by atoms with Gasteiger partial charge in [0, 0.05) is 48.8 Å². The second kappa shape index (κ2) is 38.3. The van der Waals surface area contributed by atoms with Gasteiger partial charge in [-0.2, -0.15) is 11.8 Å². The lowest BCUT2D eigenvalue weighted by Gasteiger charge is -2.25. The van der Waals surface area contributed by atoms with E-state index in [1.165, 1.54) is 141 Å². The van der Waals surface area contributed by atoms with Gasteiger partial charge in [0.1, 0.15) is 17.2 Å². The smallest absolute Gasteiger partial charge is 0.329 e. The predicted molar refractivity (Wildman–Crippen MR) is 272 cm³/mol. The van der Waals surface area contributed by atoms with Crippen LogP contribution in [-0.4, -0.2) is 78.4 Å². The molecule has 2 amide bonds. The number of esters is 2. The van der Waals surface area contributed by atoms with Crippen molar-refractivity contribution >= 4 is 41.2 Å². The van der Waals surface area contributed by atoms with E-state index in [2.05, 4.69) is 24.5 Å². The highest BCUT2D eigenvalue weighted by Gasteiger charge is 2.29. The zero-order valence-corrected chi connectivity index (χ0v) is 43.6. The summed E-state index contributed by atoms with van der Waals surface area (Å²) in [6, 6.07) is 5.47. The lowest BCUT2D eigenvalue weighted by molar-refractivity contribution is -0.158. The SMILES string of the molecule is CCCCCCCCCCCCCCOCC(CSCCC(=O)Nc1ccc(C(=O)N[C@@H](CCC(=O)OC(C)(C)C)C(=O)OC(C)(C)C)cc1)OCCCCCCCCCCCCCC. The van der Waals surface area contributed by atoms with E-state index in [1.807, 2.05) is 0 Å². The van der Waals surface area contributed by atoms with Gasteiger partial charge < -0.3 is 29.6 Å². The van der Waals surface area contributed by atoms with Gasteiger partial charge in [-0.25, -0.2) is 4.79 Å². The first-order valence-corrected chi connectivity index (χ1v) is 27.2. The third-order valence-corrected chi connectivity index (χ3v) is 12.2. The molecule has 11 heteroatoms. The number of amides is 2. The molecule has 0 aliphatic rings. The van der Waals surface area contributed by atoms with Gasteiger partial charge in [-0.05, 0) is 85.1 Å². The molecule has 0 bridgehead atoms. The highest BCUT2D eigenvalue weighted by atomic mass is 32.2. The quantitative estimate of drug-likeness (QED) is 0.0487. The molecule has 1 rings (SSSR count). The molecule has 65 heavy (non-hydrogen) atoms. The van der Waals surface area contributed by atoms with E-state index in [-0.39, 0.29) is 24.9 Å². The Hall–Kier alpha value is -2.63. The van der Waals surface area contributed by atoms with Crippen molar-refractivity contribution in [2.24, 2.45) is 0 Å². The van der Waals surface area contributed by atoms with Crippen molar-refractivity contribution in [2.75, 3.05) is 36.6 Å². The van der Waals surface area contributed by atoms with Gasteiger partial charge in [0.25, 0.3) is 5.91 Å². The van der Waals surface area contributed by atoms with Gasteiger partial charge >= 0.3 is 11.9 Å². The summed E-state index contributed by atoms with van der Waals surface area (Å²) in [6.07, 6.45) is 32.0. The van der Waals surface area contributed by atoms with E-state index in [1.54, 1.807) is 77.6 Å². The fourth-order valence-electron chi connectivity index (χ4n) is 7.42. The molecular formula is C54H96N2O8S. The zero-order valence-electron chi connectivity index (χ0n) is 42.8. The van der Waals surface area contributed by atoms with Crippen molar-refractivity contribution in [2.45, 2.75) is 252 Å². The fraction of sp³-hybridized carbons (Fsp3) is 0.815. The number of thioether (sulfide) groups is 1. The Morgan fingerprint density at radius 1 is 0.585 bits per heavy atom. The van der Waals surface area contributed by atoms with Crippen LogP contribution < -0.4 is 10.6 Å². The number of anilines is 1. The Labute approximate surface area is 401 Å². The number of rotatable bonds is 41. The lowest BCUT2D eigenvalue weighted by atomic mass is 10.1. The summed E-state index contributed by atoms with van der Waals surface area (Å²) in [6.45, 7) is 17.2. The summed E-state index contributed by atoms with van der Waals surface area (Å²) < 4.78 is 23.4. The number of nitrogens with one attached hydrogen (secondary N) is 2. The Bertz CT molecular complexity index is 1360. The largest absolute Gasteiger partial charge is 0.460 e. The highest BCUT2D eigenvalue weighted by Crippen LogP contribution is 2.18. The van der Waals surface area contributed by atoms with E-state index in [0.717, 1.165) is 31.8 Å². The summed E-state index contributed by atoms with van der Waals surface area (Å²) in [4.78, 5) is 51.5. The van der Waals surface area contributed by atoms with Crippen molar-refractivity contribution in [3.63, 3.8) is 0 Å². The van der Waals surface area contributed by atoms with Gasteiger partial charge in [0.15, 0.2) is 0 Å². The van der Waals surface area contributed by atoms with Crippen LogP contribution >= 0.6 is 11.8 Å². The predicted octanol–water partition coefficient (Wildman–Crippen LogP) is 14.1. The van der Waals surface area contributed by atoms with Gasteiger partial charge in [0.2, 0.25) is 5.91 Å². The molecule has 1 aromatic rings. The van der Waals surface area contributed by atoms with Crippen LogP contribution in [0.4, 0.5) is 5.69 Å². The van der Waals surface area contributed by atoms with E-state index < -0.39 is 35.1 Å². The minimum atomic E-state index is -1.05. The first-order valence-electron chi connectivity index (χ1n) is 26.1. The average molecular weight is 933 g/mol. The topological polar surface area (TPSA) is 129 Å². The lowest BCUT2D eigenvalue weighted by Crippen LogP contribution is -2.44. The zero-order chi connectivity index (χ0) is 48.0.